The molecule has 34 heavy (non-hydrogen) atoms. The van der Waals surface area contributed by atoms with Crippen molar-refractivity contribution in [2.24, 2.45) is 0 Å². The number of para-hydroxylation sites is 1. The number of benzene rings is 2. The standard InChI is InChI=1S/C25H24ClN3O5/c26-18-9-7-16(8-10-18)24(32)28-21(25(33)34-13-12-29-11-3-6-23(29)31)14-17-15-22(30)27-20-5-2-1-4-19(17)20/h1-2,4-5,7-10,15,21H,3,6,11-14H2,(H,27,30)(H,28,32). The van der Waals surface area contributed by atoms with Gasteiger partial charge in [-0.25, -0.2) is 4.79 Å². The number of ether oxygens (including phenoxy) is 1. The van der Waals surface area contributed by atoms with Gasteiger partial charge in [-0.15, -0.1) is 0 Å². The Morgan fingerprint density at radius 3 is 2.62 bits per heavy atom. The Bertz CT molecular complexity index is 1270. The Balaban J connectivity index is 1.54. The van der Waals surface area contributed by atoms with E-state index in [4.69, 9.17) is 16.3 Å². The van der Waals surface area contributed by atoms with Gasteiger partial charge >= 0.3 is 5.97 Å². The van der Waals surface area contributed by atoms with Crippen LogP contribution in [0.3, 0.4) is 0 Å². The molecule has 0 aliphatic carbocycles. The highest BCUT2D eigenvalue weighted by atomic mass is 35.5. The summed E-state index contributed by atoms with van der Waals surface area (Å²) in [5.74, 6) is -1.07. The lowest BCUT2D eigenvalue weighted by molar-refractivity contribution is -0.147. The number of nitrogens with zero attached hydrogens (tertiary/aromatic N) is 1. The SMILES string of the molecule is O=C(NC(Cc1cc(=O)[nH]c2ccccc12)C(=O)OCCN1CCCC1=O)c1ccc(Cl)cc1. The van der Waals surface area contributed by atoms with Crippen LogP contribution in [0.2, 0.25) is 5.02 Å². The van der Waals surface area contributed by atoms with Crippen molar-refractivity contribution >= 4 is 40.3 Å². The monoisotopic (exact) mass is 481 g/mol. The fourth-order valence-corrected chi connectivity index (χ4v) is 4.13. The fraction of sp³-hybridized carbons (Fsp3) is 0.280. The third-order valence-electron chi connectivity index (χ3n) is 5.73. The summed E-state index contributed by atoms with van der Waals surface area (Å²) < 4.78 is 5.43. The minimum absolute atomic E-state index is 0.0218. The molecule has 2 heterocycles. The smallest absolute Gasteiger partial charge is 0.329 e. The summed E-state index contributed by atoms with van der Waals surface area (Å²) in [6, 6.07) is 13.9. The summed E-state index contributed by atoms with van der Waals surface area (Å²) in [7, 11) is 0. The Labute approximate surface area is 200 Å². The van der Waals surface area contributed by atoms with Crippen LogP contribution in [0.25, 0.3) is 10.9 Å². The van der Waals surface area contributed by atoms with Crippen LogP contribution in [0.4, 0.5) is 0 Å². The quantitative estimate of drug-likeness (QED) is 0.481. The van der Waals surface area contributed by atoms with E-state index >= 15 is 0 Å². The second-order valence-corrected chi connectivity index (χ2v) is 8.53. The average Bonchev–Trinajstić information content (AvgIpc) is 3.23. The Morgan fingerprint density at radius 1 is 1.12 bits per heavy atom. The molecule has 0 bridgehead atoms. The van der Waals surface area contributed by atoms with E-state index in [0.29, 0.717) is 41.2 Å². The van der Waals surface area contributed by atoms with Crippen molar-refractivity contribution in [1.82, 2.24) is 15.2 Å². The molecule has 1 atom stereocenters. The normalized spacial score (nSPS) is 14.3. The highest BCUT2D eigenvalue weighted by Crippen LogP contribution is 2.17. The minimum atomic E-state index is -1.04. The van der Waals surface area contributed by atoms with Gasteiger partial charge in [0.25, 0.3) is 5.91 Å². The van der Waals surface area contributed by atoms with Crippen LogP contribution < -0.4 is 10.9 Å². The molecular formula is C25H24ClN3O5. The van der Waals surface area contributed by atoms with Crippen LogP contribution in [0, 0.1) is 0 Å². The number of aromatic nitrogens is 1. The highest BCUT2D eigenvalue weighted by Gasteiger charge is 2.26. The molecular weight excluding hydrogens is 458 g/mol. The number of hydrogen-bond acceptors (Lipinski definition) is 5. The van der Waals surface area contributed by atoms with Gasteiger partial charge in [0, 0.05) is 46.9 Å². The summed E-state index contributed by atoms with van der Waals surface area (Å²) in [4.78, 5) is 54.2. The van der Waals surface area contributed by atoms with Gasteiger partial charge in [-0.05, 0) is 42.3 Å². The number of likely N-dealkylation sites (tertiary alicyclic amines) is 1. The van der Waals surface area contributed by atoms with Gasteiger partial charge in [0.2, 0.25) is 11.5 Å². The number of halogens is 1. The molecule has 2 N–H and O–H groups in total. The third kappa shape index (κ3) is 5.63. The Kier molecular flexibility index (Phi) is 7.27. The highest BCUT2D eigenvalue weighted by molar-refractivity contribution is 6.30. The van der Waals surface area contributed by atoms with E-state index in [1.165, 1.54) is 6.07 Å². The summed E-state index contributed by atoms with van der Waals surface area (Å²) in [6.45, 7) is 0.969. The predicted molar refractivity (Wildman–Crippen MR) is 128 cm³/mol. The Hall–Kier alpha value is -3.65. The maximum atomic E-state index is 13.0. The van der Waals surface area contributed by atoms with E-state index < -0.39 is 17.9 Å². The first-order valence-corrected chi connectivity index (χ1v) is 11.4. The topological polar surface area (TPSA) is 109 Å². The zero-order valence-electron chi connectivity index (χ0n) is 18.4. The molecule has 9 heteroatoms. The lowest BCUT2D eigenvalue weighted by Gasteiger charge is -2.20. The predicted octanol–water partition coefficient (Wildman–Crippen LogP) is 2.69. The number of aromatic amines is 1. The molecule has 1 aromatic heterocycles. The maximum absolute atomic E-state index is 13.0. The molecule has 4 rings (SSSR count). The number of rotatable bonds is 8. The van der Waals surface area contributed by atoms with Gasteiger partial charge in [0.15, 0.2) is 0 Å². The van der Waals surface area contributed by atoms with Crippen molar-refractivity contribution in [1.29, 1.82) is 0 Å². The zero-order valence-corrected chi connectivity index (χ0v) is 19.1. The number of pyridine rings is 1. The first-order chi connectivity index (χ1) is 16.4. The zero-order chi connectivity index (χ0) is 24.1. The van der Waals surface area contributed by atoms with Gasteiger partial charge in [-0.2, -0.15) is 0 Å². The molecule has 0 spiro atoms. The van der Waals surface area contributed by atoms with Gasteiger partial charge in [-0.3, -0.25) is 14.4 Å². The number of carbonyl (C=O) groups excluding carboxylic acids is 3. The maximum Gasteiger partial charge on any atom is 0.329 e. The molecule has 0 saturated carbocycles. The number of nitrogens with one attached hydrogen (secondary N) is 2. The van der Waals surface area contributed by atoms with Crippen molar-refractivity contribution in [3.8, 4) is 0 Å². The van der Waals surface area contributed by atoms with Crippen molar-refractivity contribution in [3.05, 3.63) is 81.1 Å². The summed E-state index contributed by atoms with van der Waals surface area (Å²) >= 11 is 5.91. The number of esters is 1. The molecule has 3 aromatic rings. The molecule has 1 fully saturated rings. The van der Waals surface area contributed by atoms with E-state index in [0.717, 1.165) is 11.8 Å². The van der Waals surface area contributed by atoms with E-state index in [-0.39, 0.29) is 24.5 Å². The van der Waals surface area contributed by atoms with E-state index in [1.807, 2.05) is 12.1 Å². The van der Waals surface area contributed by atoms with E-state index in [2.05, 4.69) is 10.3 Å². The molecule has 1 aliphatic heterocycles. The lowest BCUT2D eigenvalue weighted by Crippen LogP contribution is -2.44. The number of amides is 2. The fourth-order valence-electron chi connectivity index (χ4n) is 4.00. The van der Waals surface area contributed by atoms with Crippen molar-refractivity contribution < 1.29 is 19.1 Å². The van der Waals surface area contributed by atoms with Crippen LogP contribution in [0.15, 0.2) is 59.4 Å². The third-order valence-corrected chi connectivity index (χ3v) is 5.99. The van der Waals surface area contributed by atoms with Crippen LogP contribution >= 0.6 is 11.6 Å². The average molecular weight is 482 g/mol. The summed E-state index contributed by atoms with van der Waals surface area (Å²) in [5.41, 5.74) is 1.26. The summed E-state index contributed by atoms with van der Waals surface area (Å²) in [6.07, 6.45) is 1.36. The van der Waals surface area contributed by atoms with Crippen LogP contribution in [-0.4, -0.2) is 53.4 Å². The molecule has 2 aromatic carbocycles. The van der Waals surface area contributed by atoms with Crippen LogP contribution in [-0.2, 0) is 20.7 Å². The molecule has 1 unspecified atom stereocenters. The molecule has 2 amide bonds. The van der Waals surface area contributed by atoms with E-state index in [9.17, 15) is 19.2 Å². The van der Waals surface area contributed by atoms with Gasteiger partial charge in [-0.1, -0.05) is 29.8 Å². The number of H-pyrrole nitrogens is 1. The van der Waals surface area contributed by atoms with Gasteiger partial charge in [0.1, 0.15) is 12.6 Å². The second kappa shape index (κ2) is 10.5. The van der Waals surface area contributed by atoms with Gasteiger partial charge in [0.05, 0.1) is 6.54 Å². The first-order valence-electron chi connectivity index (χ1n) is 11.0. The van der Waals surface area contributed by atoms with Crippen molar-refractivity contribution in [3.63, 3.8) is 0 Å². The molecule has 0 radical (unpaired) electrons. The Morgan fingerprint density at radius 2 is 1.88 bits per heavy atom. The molecule has 8 nitrogen and oxygen atoms in total. The minimum Gasteiger partial charge on any atom is -0.462 e. The van der Waals surface area contributed by atoms with Crippen LogP contribution in [0.1, 0.15) is 28.8 Å². The van der Waals surface area contributed by atoms with Crippen molar-refractivity contribution in [2.45, 2.75) is 25.3 Å². The van der Waals surface area contributed by atoms with E-state index in [1.54, 1.807) is 41.3 Å². The number of fused-ring (bicyclic) bond motifs is 1. The number of hydrogen-bond donors (Lipinski definition) is 2. The van der Waals surface area contributed by atoms with Crippen molar-refractivity contribution in [2.75, 3.05) is 19.7 Å². The van der Waals surface area contributed by atoms with Crippen LogP contribution in [0.5, 0.6) is 0 Å². The first kappa shape index (κ1) is 23.5. The summed E-state index contributed by atoms with van der Waals surface area (Å²) in [5, 5.41) is 3.98. The van der Waals surface area contributed by atoms with Gasteiger partial charge < -0.3 is 19.9 Å². The lowest BCUT2D eigenvalue weighted by atomic mass is 10.0. The molecule has 1 aliphatic rings. The largest absolute Gasteiger partial charge is 0.462 e. The second-order valence-electron chi connectivity index (χ2n) is 8.09. The molecule has 176 valence electrons. The molecule has 1 saturated heterocycles. The number of carbonyl (C=O) groups is 3.